The standard InChI is InChI=1S/C16H21N3S/c1-3-13(17-4-2)14-18-19-15(20-14)16(10-11-16)12-8-6-5-7-9-12/h5-9,13,17H,3-4,10-11H2,1-2H3. The van der Waals surface area contributed by atoms with E-state index in [1.807, 2.05) is 0 Å². The normalized spacial score (nSPS) is 17.9. The Labute approximate surface area is 124 Å². The van der Waals surface area contributed by atoms with Gasteiger partial charge < -0.3 is 5.32 Å². The van der Waals surface area contributed by atoms with Crippen LogP contribution in [0.2, 0.25) is 0 Å². The number of aromatic nitrogens is 2. The lowest BCUT2D eigenvalue weighted by Gasteiger charge is -2.12. The molecule has 3 rings (SSSR count). The largest absolute Gasteiger partial charge is 0.308 e. The monoisotopic (exact) mass is 287 g/mol. The van der Waals surface area contributed by atoms with Crippen molar-refractivity contribution < 1.29 is 0 Å². The predicted octanol–water partition coefficient (Wildman–Crippen LogP) is 3.68. The van der Waals surface area contributed by atoms with Crippen LogP contribution in [0.4, 0.5) is 0 Å². The third kappa shape index (κ3) is 2.38. The molecule has 1 fully saturated rings. The molecule has 1 aliphatic rings. The van der Waals surface area contributed by atoms with Crippen molar-refractivity contribution in [2.24, 2.45) is 0 Å². The summed E-state index contributed by atoms with van der Waals surface area (Å²) in [5, 5.41) is 14.8. The van der Waals surface area contributed by atoms with Crippen LogP contribution >= 0.6 is 11.3 Å². The summed E-state index contributed by atoms with van der Waals surface area (Å²) in [6, 6.07) is 11.1. The Bertz CT molecular complexity index is 560. The fraction of sp³-hybridized carbons (Fsp3) is 0.500. The highest BCUT2D eigenvalue weighted by Crippen LogP contribution is 2.54. The van der Waals surface area contributed by atoms with E-state index in [9.17, 15) is 0 Å². The Morgan fingerprint density at radius 1 is 1.20 bits per heavy atom. The Morgan fingerprint density at radius 3 is 2.55 bits per heavy atom. The van der Waals surface area contributed by atoms with Gasteiger partial charge >= 0.3 is 0 Å². The molecule has 1 aliphatic carbocycles. The molecule has 1 saturated carbocycles. The van der Waals surface area contributed by atoms with Crippen LogP contribution in [0.1, 0.15) is 54.7 Å². The number of rotatable bonds is 6. The van der Waals surface area contributed by atoms with Gasteiger partial charge in [0.05, 0.1) is 6.04 Å². The van der Waals surface area contributed by atoms with Crippen molar-refractivity contribution in [1.82, 2.24) is 15.5 Å². The SMILES string of the molecule is CCNC(CC)c1nnc(C2(c3ccccc3)CC2)s1. The van der Waals surface area contributed by atoms with E-state index < -0.39 is 0 Å². The smallest absolute Gasteiger partial charge is 0.134 e. The minimum absolute atomic E-state index is 0.154. The first-order chi connectivity index (χ1) is 9.80. The Balaban J connectivity index is 1.87. The quantitative estimate of drug-likeness (QED) is 0.880. The van der Waals surface area contributed by atoms with Gasteiger partial charge in [-0.05, 0) is 31.4 Å². The van der Waals surface area contributed by atoms with E-state index in [2.05, 4.69) is 59.7 Å². The van der Waals surface area contributed by atoms with Crippen LogP contribution in [0.3, 0.4) is 0 Å². The first kappa shape index (κ1) is 13.7. The van der Waals surface area contributed by atoms with Crippen molar-refractivity contribution in [2.75, 3.05) is 6.54 Å². The Kier molecular flexibility index (Phi) is 3.85. The van der Waals surface area contributed by atoms with Crippen LogP contribution in [0.25, 0.3) is 0 Å². The third-order valence-corrected chi connectivity index (χ3v) is 5.32. The average Bonchev–Trinajstić information content (AvgIpc) is 3.17. The summed E-state index contributed by atoms with van der Waals surface area (Å²) in [7, 11) is 0. The molecule has 0 bridgehead atoms. The lowest BCUT2D eigenvalue weighted by atomic mass is 9.97. The highest BCUT2D eigenvalue weighted by Gasteiger charge is 2.49. The third-order valence-electron chi connectivity index (χ3n) is 4.08. The molecule has 0 spiro atoms. The zero-order chi connectivity index (χ0) is 14.0. The topological polar surface area (TPSA) is 37.8 Å². The van der Waals surface area contributed by atoms with Gasteiger partial charge in [0.1, 0.15) is 10.0 Å². The van der Waals surface area contributed by atoms with E-state index >= 15 is 0 Å². The van der Waals surface area contributed by atoms with E-state index in [1.54, 1.807) is 11.3 Å². The molecule has 0 amide bonds. The van der Waals surface area contributed by atoms with Gasteiger partial charge in [0.25, 0.3) is 0 Å². The molecule has 1 aromatic carbocycles. The molecule has 0 radical (unpaired) electrons. The molecule has 106 valence electrons. The molecule has 4 heteroatoms. The number of hydrogen-bond donors (Lipinski definition) is 1. The van der Waals surface area contributed by atoms with E-state index in [0.717, 1.165) is 18.0 Å². The van der Waals surface area contributed by atoms with E-state index in [0.29, 0.717) is 6.04 Å². The number of hydrogen-bond acceptors (Lipinski definition) is 4. The van der Waals surface area contributed by atoms with Crippen molar-refractivity contribution in [3.63, 3.8) is 0 Å². The molecule has 0 aliphatic heterocycles. The molecule has 1 heterocycles. The predicted molar refractivity (Wildman–Crippen MR) is 83.1 cm³/mol. The summed E-state index contributed by atoms with van der Waals surface area (Å²) in [4.78, 5) is 0. The number of benzene rings is 1. The van der Waals surface area contributed by atoms with Crippen molar-refractivity contribution in [1.29, 1.82) is 0 Å². The molecular formula is C16H21N3S. The summed E-state index contributed by atoms with van der Waals surface area (Å²) in [6.45, 7) is 5.30. The molecule has 1 unspecified atom stereocenters. The Morgan fingerprint density at radius 2 is 1.95 bits per heavy atom. The van der Waals surface area contributed by atoms with E-state index in [1.165, 1.54) is 23.4 Å². The van der Waals surface area contributed by atoms with Crippen molar-refractivity contribution >= 4 is 11.3 Å². The molecule has 1 N–H and O–H groups in total. The number of nitrogens with zero attached hydrogens (tertiary/aromatic N) is 2. The fourth-order valence-corrected chi connectivity index (χ4v) is 4.00. The zero-order valence-electron chi connectivity index (χ0n) is 12.1. The van der Waals surface area contributed by atoms with Crippen molar-refractivity contribution in [3.8, 4) is 0 Å². The first-order valence-corrected chi connectivity index (χ1v) is 8.24. The summed E-state index contributed by atoms with van der Waals surface area (Å²) in [5.41, 5.74) is 1.54. The van der Waals surface area contributed by atoms with Crippen LogP contribution in [0.5, 0.6) is 0 Å². The minimum Gasteiger partial charge on any atom is -0.308 e. The maximum atomic E-state index is 4.51. The maximum Gasteiger partial charge on any atom is 0.134 e. The summed E-state index contributed by atoms with van der Waals surface area (Å²) in [5.74, 6) is 0. The summed E-state index contributed by atoms with van der Waals surface area (Å²) in [6.07, 6.45) is 3.45. The van der Waals surface area contributed by atoms with Gasteiger partial charge in [-0.3, -0.25) is 0 Å². The van der Waals surface area contributed by atoms with Crippen LogP contribution in [-0.2, 0) is 5.41 Å². The first-order valence-electron chi connectivity index (χ1n) is 7.43. The van der Waals surface area contributed by atoms with Crippen LogP contribution in [-0.4, -0.2) is 16.7 Å². The van der Waals surface area contributed by atoms with Gasteiger partial charge in [-0.2, -0.15) is 0 Å². The maximum absolute atomic E-state index is 4.51. The van der Waals surface area contributed by atoms with E-state index in [-0.39, 0.29) is 5.41 Å². The molecule has 1 atom stereocenters. The van der Waals surface area contributed by atoms with E-state index in [4.69, 9.17) is 0 Å². The van der Waals surface area contributed by atoms with Crippen LogP contribution in [0.15, 0.2) is 30.3 Å². The highest BCUT2D eigenvalue weighted by molar-refractivity contribution is 7.11. The van der Waals surface area contributed by atoms with Gasteiger partial charge in [0.2, 0.25) is 0 Å². The molecule has 20 heavy (non-hydrogen) atoms. The molecule has 3 nitrogen and oxygen atoms in total. The highest BCUT2D eigenvalue weighted by atomic mass is 32.1. The lowest BCUT2D eigenvalue weighted by molar-refractivity contribution is 0.530. The minimum atomic E-state index is 0.154. The Hall–Kier alpha value is -1.26. The van der Waals surface area contributed by atoms with Crippen molar-refractivity contribution in [3.05, 3.63) is 45.9 Å². The van der Waals surface area contributed by atoms with Gasteiger partial charge in [0.15, 0.2) is 0 Å². The van der Waals surface area contributed by atoms with Gasteiger partial charge in [0, 0.05) is 5.41 Å². The molecular weight excluding hydrogens is 266 g/mol. The number of nitrogens with one attached hydrogen (secondary N) is 1. The molecule has 2 aromatic rings. The second-order valence-corrected chi connectivity index (χ2v) is 6.42. The van der Waals surface area contributed by atoms with Crippen LogP contribution < -0.4 is 5.32 Å². The lowest BCUT2D eigenvalue weighted by Crippen LogP contribution is -2.19. The average molecular weight is 287 g/mol. The molecule has 0 saturated heterocycles. The van der Waals surface area contributed by atoms with Gasteiger partial charge in [-0.15, -0.1) is 10.2 Å². The molecule has 1 aromatic heterocycles. The second-order valence-electron chi connectivity index (χ2n) is 5.41. The van der Waals surface area contributed by atoms with Crippen molar-refractivity contribution in [2.45, 2.75) is 44.6 Å². The van der Waals surface area contributed by atoms with Crippen LogP contribution in [0, 0.1) is 0 Å². The fourth-order valence-electron chi connectivity index (χ4n) is 2.73. The second kappa shape index (κ2) is 5.62. The summed E-state index contributed by atoms with van der Waals surface area (Å²) >= 11 is 1.79. The zero-order valence-corrected chi connectivity index (χ0v) is 12.9. The summed E-state index contributed by atoms with van der Waals surface area (Å²) < 4.78 is 0. The van der Waals surface area contributed by atoms with Gasteiger partial charge in [-0.25, -0.2) is 0 Å². The van der Waals surface area contributed by atoms with Gasteiger partial charge in [-0.1, -0.05) is 55.5 Å².